The summed E-state index contributed by atoms with van der Waals surface area (Å²) in [5.41, 5.74) is 1.04. The van der Waals surface area contributed by atoms with E-state index in [0.29, 0.717) is 10.8 Å². The van der Waals surface area contributed by atoms with Gasteiger partial charge in [-0.05, 0) is 12.1 Å². The van der Waals surface area contributed by atoms with Gasteiger partial charge in [0.15, 0.2) is 10.3 Å². The molecule has 1 unspecified atom stereocenters. The lowest BCUT2D eigenvalue weighted by Gasteiger charge is -2.37. The maximum absolute atomic E-state index is 10.8. The van der Waals surface area contributed by atoms with Crippen molar-refractivity contribution in [2.75, 3.05) is 58.3 Å². The van der Waals surface area contributed by atoms with Gasteiger partial charge in [0.1, 0.15) is 5.75 Å². The fraction of sp³-hybridized carbons (Fsp3) is 0.600. The zero-order valence-electron chi connectivity index (χ0n) is 14.0. The minimum absolute atomic E-state index is 0.196. The Morgan fingerprint density at radius 2 is 1.92 bits per heavy atom. The molecule has 136 valence electrons. The van der Waals surface area contributed by atoms with E-state index < -0.39 is 16.4 Å². The van der Waals surface area contributed by atoms with Crippen LogP contribution in [0.1, 0.15) is 0 Å². The van der Waals surface area contributed by atoms with E-state index in [9.17, 15) is 18.1 Å². The Morgan fingerprint density at radius 1 is 1.29 bits per heavy atom. The van der Waals surface area contributed by atoms with Gasteiger partial charge >= 0.3 is 0 Å². The average Bonchev–Trinajstić information content (AvgIpc) is 2.54. The van der Waals surface area contributed by atoms with Crippen LogP contribution in [0, 0.1) is 0 Å². The lowest BCUT2D eigenvalue weighted by Crippen LogP contribution is -2.50. The zero-order valence-corrected chi connectivity index (χ0v) is 14.8. The quantitative estimate of drug-likeness (QED) is 0.661. The fourth-order valence-corrected chi connectivity index (χ4v) is 3.16. The van der Waals surface area contributed by atoms with Gasteiger partial charge in [-0.15, -0.1) is 0 Å². The van der Waals surface area contributed by atoms with E-state index in [1.165, 1.54) is 7.05 Å². The first-order chi connectivity index (χ1) is 11.3. The van der Waals surface area contributed by atoms with Crippen molar-refractivity contribution in [1.29, 1.82) is 0 Å². The number of hydrogen-bond donors (Lipinski definition) is 1. The Balaban J connectivity index is 1.84. The van der Waals surface area contributed by atoms with Crippen LogP contribution in [0.25, 0.3) is 0 Å². The van der Waals surface area contributed by atoms with Crippen LogP contribution in [-0.4, -0.2) is 86.8 Å². The summed E-state index contributed by atoms with van der Waals surface area (Å²) < 4.78 is 38.5. The van der Waals surface area contributed by atoms with Crippen molar-refractivity contribution in [2.24, 2.45) is 0 Å². The molecule has 1 N–H and O–H groups in total. The third-order valence-electron chi connectivity index (χ3n) is 4.12. The molecule has 1 aliphatic heterocycles. The molecule has 1 aromatic rings. The molecule has 1 atom stereocenters. The standard InChI is InChI=1S/C15H25N3O5S/c1-16(24(20,21)22)11-13(19)12-17-7-9-18(10-8-17)14-5-3-4-6-15(14)23-2/h3-6,13,19H,7-12H2,1-2H3,(H,20,21,22)/p-1. The van der Waals surface area contributed by atoms with Gasteiger partial charge in [0.05, 0.1) is 18.9 Å². The van der Waals surface area contributed by atoms with Gasteiger partial charge in [0.25, 0.3) is 0 Å². The van der Waals surface area contributed by atoms with E-state index >= 15 is 0 Å². The second kappa shape index (κ2) is 8.13. The molecule has 0 saturated carbocycles. The Bertz CT molecular complexity index is 632. The summed E-state index contributed by atoms with van der Waals surface area (Å²) in [6, 6.07) is 7.82. The Labute approximate surface area is 143 Å². The number of nitrogens with zero attached hydrogens (tertiary/aromatic N) is 3. The van der Waals surface area contributed by atoms with Crippen LogP contribution in [0.15, 0.2) is 24.3 Å². The number of ether oxygens (including phenoxy) is 1. The minimum atomic E-state index is -4.51. The lowest BCUT2D eigenvalue weighted by molar-refractivity contribution is 0.0939. The minimum Gasteiger partial charge on any atom is -0.735 e. The van der Waals surface area contributed by atoms with Crippen molar-refractivity contribution in [3.8, 4) is 5.75 Å². The van der Waals surface area contributed by atoms with Gasteiger partial charge in [-0.25, -0.2) is 12.7 Å². The largest absolute Gasteiger partial charge is 0.735 e. The fourth-order valence-electron chi connectivity index (χ4n) is 2.81. The molecule has 2 rings (SSSR count). The highest BCUT2D eigenvalue weighted by Crippen LogP contribution is 2.28. The molecule has 9 heteroatoms. The number of hydrogen-bond acceptors (Lipinski definition) is 7. The first-order valence-electron chi connectivity index (χ1n) is 7.77. The lowest BCUT2D eigenvalue weighted by atomic mass is 10.2. The first-order valence-corrected chi connectivity index (χ1v) is 9.13. The molecule has 8 nitrogen and oxygen atoms in total. The third kappa shape index (κ3) is 5.05. The van der Waals surface area contributed by atoms with E-state index in [1.807, 2.05) is 24.3 Å². The normalized spacial score (nSPS) is 18.0. The molecular weight excluding hydrogens is 334 g/mol. The maximum atomic E-state index is 10.8. The topological polar surface area (TPSA) is 96.4 Å². The van der Waals surface area contributed by atoms with Gasteiger partial charge in [0.2, 0.25) is 0 Å². The summed E-state index contributed by atoms with van der Waals surface area (Å²) in [5, 5.41) is 9.98. The van der Waals surface area contributed by atoms with Crippen molar-refractivity contribution >= 4 is 16.0 Å². The SMILES string of the molecule is COc1ccccc1N1CCN(CC(O)CN(C)S(=O)(=O)[O-])CC1. The van der Waals surface area contributed by atoms with Crippen LogP contribution in [0.4, 0.5) is 5.69 Å². The molecule has 1 saturated heterocycles. The van der Waals surface area contributed by atoms with Crippen LogP contribution >= 0.6 is 0 Å². The highest BCUT2D eigenvalue weighted by Gasteiger charge is 2.22. The summed E-state index contributed by atoms with van der Waals surface area (Å²) in [4.78, 5) is 4.28. The second-order valence-corrected chi connectivity index (χ2v) is 7.33. The maximum Gasteiger partial charge on any atom is 0.161 e. The number of likely N-dealkylation sites (N-methyl/N-ethyl adjacent to an activating group) is 1. The van der Waals surface area contributed by atoms with E-state index in [0.717, 1.165) is 37.6 Å². The van der Waals surface area contributed by atoms with Crippen molar-refractivity contribution in [3.05, 3.63) is 24.3 Å². The van der Waals surface area contributed by atoms with Crippen molar-refractivity contribution in [3.63, 3.8) is 0 Å². The predicted octanol–water partition coefficient (Wildman–Crippen LogP) is -0.430. The zero-order chi connectivity index (χ0) is 17.7. The average molecular weight is 358 g/mol. The molecule has 0 aliphatic carbocycles. The van der Waals surface area contributed by atoms with Crippen LogP contribution in [0.3, 0.4) is 0 Å². The molecule has 0 radical (unpaired) electrons. The van der Waals surface area contributed by atoms with Gasteiger partial charge in [-0.2, -0.15) is 0 Å². The molecule has 0 aromatic heterocycles. The van der Waals surface area contributed by atoms with Crippen LogP contribution in [0.5, 0.6) is 5.75 Å². The summed E-state index contributed by atoms with van der Waals surface area (Å²) in [6.45, 7) is 3.18. The number of methoxy groups -OCH3 is 1. The van der Waals surface area contributed by atoms with E-state index in [1.54, 1.807) is 7.11 Å². The molecule has 1 aliphatic rings. The van der Waals surface area contributed by atoms with Crippen LogP contribution in [0.2, 0.25) is 0 Å². The highest BCUT2D eigenvalue weighted by atomic mass is 32.2. The Morgan fingerprint density at radius 3 is 2.50 bits per heavy atom. The Hall–Kier alpha value is -1.39. The number of aliphatic hydroxyl groups excluding tert-OH is 1. The number of aliphatic hydroxyl groups is 1. The highest BCUT2D eigenvalue weighted by molar-refractivity contribution is 7.83. The number of rotatable bonds is 7. The predicted molar refractivity (Wildman–Crippen MR) is 90.0 cm³/mol. The number of para-hydroxylation sites is 2. The van der Waals surface area contributed by atoms with Gasteiger partial charge in [-0.3, -0.25) is 4.90 Å². The van der Waals surface area contributed by atoms with Gasteiger partial charge in [-0.1, -0.05) is 12.1 Å². The molecule has 1 aromatic carbocycles. The van der Waals surface area contributed by atoms with Crippen molar-refractivity contribution < 1.29 is 22.8 Å². The van der Waals surface area contributed by atoms with E-state index in [4.69, 9.17) is 4.74 Å². The monoisotopic (exact) mass is 358 g/mol. The number of piperazine rings is 1. The molecule has 1 heterocycles. The van der Waals surface area contributed by atoms with Crippen LogP contribution in [-0.2, 0) is 10.3 Å². The van der Waals surface area contributed by atoms with Gasteiger partial charge < -0.3 is 19.3 Å². The summed E-state index contributed by atoms with van der Waals surface area (Å²) >= 11 is 0. The summed E-state index contributed by atoms with van der Waals surface area (Å²) in [6.07, 6.45) is -0.892. The second-order valence-electron chi connectivity index (χ2n) is 5.85. The molecule has 0 bridgehead atoms. The molecule has 24 heavy (non-hydrogen) atoms. The van der Waals surface area contributed by atoms with Crippen LogP contribution < -0.4 is 9.64 Å². The first kappa shape index (κ1) is 18.9. The summed E-state index contributed by atoms with van der Waals surface area (Å²) in [5.74, 6) is 0.827. The smallest absolute Gasteiger partial charge is 0.161 e. The number of benzene rings is 1. The van der Waals surface area contributed by atoms with E-state index in [2.05, 4.69) is 9.80 Å². The van der Waals surface area contributed by atoms with E-state index in [-0.39, 0.29) is 6.54 Å². The molecular formula is C15H24N3O5S-. The Kier molecular flexibility index (Phi) is 6.41. The summed E-state index contributed by atoms with van der Waals surface area (Å²) in [7, 11) is -1.69. The van der Waals surface area contributed by atoms with Crippen molar-refractivity contribution in [2.45, 2.75) is 6.10 Å². The molecule has 0 amide bonds. The molecule has 1 fully saturated rings. The number of β-amino-alcohol motifs (C(OH)–C–C–N with tert-alkyl or cyclic N) is 1. The molecule has 0 spiro atoms. The third-order valence-corrected chi connectivity index (χ3v) is 5.03. The number of anilines is 1. The van der Waals surface area contributed by atoms with Gasteiger partial charge in [0, 0.05) is 46.3 Å². The van der Waals surface area contributed by atoms with Crippen molar-refractivity contribution in [1.82, 2.24) is 9.21 Å².